The summed E-state index contributed by atoms with van der Waals surface area (Å²) in [5, 5.41) is 0. The maximum atomic E-state index is 14.2. The number of halogens is 6. The van der Waals surface area contributed by atoms with E-state index in [1.807, 2.05) is 72.8 Å². The van der Waals surface area contributed by atoms with Crippen molar-refractivity contribution in [1.29, 1.82) is 0 Å². The van der Waals surface area contributed by atoms with Crippen LogP contribution in [-0.4, -0.2) is 36.7 Å². The minimum atomic E-state index is -0.834. The first-order valence-electron chi connectivity index (χ1n) is 19.5. The van der Waals surface area contributed by atoms with Crippen molar-refractivity contribution in [2.24, 2.45) is 22.7 Å². The topological polar surface area (TPSA) is 40.6 Å². The van der Waals surface area contributed by atoms with Gasteiger partial charge in [-0.2, -0.15) is 36.4 Å². The van der Waals surface area contributed by atoms with Gasteiger partial charge in [-0.05, 0) is 76.6 Å². The molecule has 0 unspecified atom stereocenters. The van der Waals surface area contributed by atoms with Crippen molar-refractivity contribution in [3.63, 3.8) is 0 Å². The predicted molar refractivity (Wildman–Crippen MR) is 221 cm³/mol. The van der Waals surface area contributed by atoms with Crippen molar-refractivity contribution in [3.05, 3.63) is 120 Å². The fourth-order valence-electron chi connectivity index (χ4n) is 6.61. The molecule has 2 fully saturated rings. The zero-order valence-corrected chi connectivity index (χ0v) is 36.7. The number of alkyl halides is 2. The Morgan fingerprint density at radius 2 is 0.930 bits per heavy atom. The van der Waals surface area contributed by atoms with Gasteiger partial charge in [0.25, 0.3) is 0 Å². The summed E-state index contributed by atoms with van der Waals surface area (Å²) in [5.74, 6) is -2.74. The van der Waals surface area contributed by atoms with Crippen LogP contribution in [0.4, 0.5) is 28.9 Å². The second-order valence-electron chi connectivity index (χ2n) is 15.8. The zero-order chi connectivity index (χ0) is 41.1. The van der Waals surface area contributed by atoms with Gasteiger partial charge in [-0.3, -0.25) is 9.59 Å². The summed E-state index contributed by atoms with van der Waals surface area (Å²) in [6.45, 7) is 7.83. The number of hydrogen-bond donors (Lipinski definition) is 0. The van der Waals surface area contributed by atoms with Crippen LogP contribution in [0, 0.1) is 58.1 Å². The van der Waals surface area contributed by atoms with E-state index in [9.17, 15) is 27.2 Å². The van der Waals surface area contributed by atoms with E-state index in [1.165, 1.54) is 34.8 Å². The van der Waals surface area contributed by atoms with E-state index in [-0.39, 0.29) is 56.7 Å². The Bertz CT molecular complexity index is 1550. The number of rotatable bonds is 10. The average molecular weight is 864 g/mol. The first-order chi connectivity index (χ1) is 26.7. The standard InChI is InChI=1S/2C18H23ClF2NO.2C5H5.Ti/c2*1-18(2,12-19)17(23)22(11-13-6-4-3-5-7-13)16-9-8-14(20)10-15(16)21;2*1-2-4-5-3-1;/h2*8-9,13H,3-7,11-12H2,1-2H3;2*1-5H;/q4*-1;+4. The van der Waals surface area contributed by atoms with Crippen LogP contribution in [0.25, 0.3) is 0 Å². The quantitative estimate of drug-likeness (QED) is 0.0690. The smallest absolute Gasteiger partial charge is 0.363 e. The summed E-state index contributed by atoms with van der Waals surface area (Å²) in [5.41, 5.74) is -1.45. The Morgan fingerprint density at radius 3 is 1.18 bits per heavy atom. The van der Waals surface area contributed by atoms with E-state index in [1.54, 1.807) is 27.7 Å². The van der Waals surface area contributed by atoms with Crippen molar-refractivity contribution >= 4 is 46.4 Å². The van der Waals surface area contributed by atoms with Crippen molar-refractivity contribution in [2.45, 2.75) is 91.9 Å². The summed E-state index contributed by atoms with van der Waals surface area (Å²) in [6.07, 6.45) is 11.0. The molecule has 6 rings (SSSR count). The summed E-state index contributed by atoms with van der Waals surface area (Å²) in [4.78, 5) is 28.6. The van der Waals surface area contributed by atoms with Gasteiger partial charge in [0.15, 0.2) is 0 Å². The molecule has 4 nitrogen and oxygen atoms in total. The third-order valence-electron chi connectivity index (χ3n) is 10.0. The molecule has 0 spiro atoms. The van der Waals surface area contributed by atoms with Gasteiger partial charge >= 0.3 is 21.7 Å². The van der Waals surface area contributed by atoms with E-state index in [2.05, 4.69) is 0 Å². The van der Waals surface area contributed by atoms with Gasteiger partial charge in [-0.25, -0.2) is 41.8 Å². The molecular weight excluding hydrogens is 807 g/mol. The molecule has 2 aliphatic rings. The minimum absolute atomic E-state index is 0. The van der Waals surface area contributed by atoms with Gasteiger partial charge in [0, 0.05) is 48.1 Å². The van der Waals surface area contributed by atoms with Crippen LogP contribution < -0.4 is 9.80 Å². The molecule has 2 amide bonds. The molecule has 4 aromatic carbocycles. The molecule has 0 bridgehead atoms. The Morgan fingerprint density at radius 1 is 0.614 bits per heavy atom. The summed E-state index contributed by atoms with van der Waals surface area (Å²) in [6, 6.07) is 28.9. The van der Waals surface area contributed by atoms with Crippen LogP contribution in [0.2, 0.25) is 0 Å². The van der Waals surface area contributed by atoms with E-state index in [0.29, 0.717) is 24.9 Å². The molecule has 0 aliphatic heterocycles. The first kappa shape index (κ1) is 50.2. The van der Waals surface area contributed by atoms with Crippen molar-refractivity contribution in [3.8, 4) is 0 Å². The predicted octanol–water partition coefficient (Wildman–Crippen LogP) is 12.7. The largest absolute Gasteiger partial charge is 4.00 e. The number of carbonyl (C=O) groups is 2. The molecule has 0 saturated heterocycles. The van der Waals surface area contributed by atoms with Gasteiger partial charge in [-0.1, -0.05) is 38.5 Å². The molecule has 0 aromatic heterocycles. The Hall–Kier alpha value is -2.91. The number of hydrogen-bond acceptors (Lipinski definition) is 2. The van der Waals surface area contributed by atoms with Gasteiger partial charge in [0.05, 0.1) is 10.8 Å². The van der Waals surface area contributed by atoms with E-state index < -0.39 is 34.1 Å². The molecule has 2 aliphatic carbocycles. The van der Waals surface area contributed by atoms with Gasteiger partial charge in [0.1, 0.15) is 0 Å². The average Bonchev–Trinajstić information content (AvgIpc) is 3.98. The molecule has 308 valence electrons. The molecule has 0 radical (unpaired) electrons. The van der Waals surface area contributed by atoms with Crippen LogP contribution in [0.5, 0.6) is 0 Å². The van der Waals surface area contributed by atoms with Crippen LogP contribution in [-0.2, 0) is 31.3 Å². The fraction of sp³-hybridized carbons (Fsp3) is 0.478. The van der Waals surface area contributed by atoms with Gasteiger partial charge in [0.2, 0.25) is 11.8 Å². The first-order valence-corrected chi connectivity index (χ1v) is 20.6. The summed E-state index contributed by atoms with van der Waals surface area (Å²) >= 11 is 11.8. The van der Waals surface area contributed by atoms with Crippen molar-refractivity contribution in [1.82, 2.24) is 0 Å². The maximum Gasteiger partial charge on any atom is 4.00 e. The SMILES string of the molecule is CC(C)(CCl)C(=O)N(CC1CCCCC1)c1ccc(F)[c-]c1F.CC(C)(CCl)C(=O)N(CC1CCCCC1)c1ccc(F)[c-]c1F.[Ti+4].c1cc[cH-]c1.c1cc[cH-]c1. The number of carbonyl (C=O) groups excluding carboxylic acids is 2. The van der Waals surface area contributed by atoms with Crippen LogP contribution in [0.3, 0.4) is 0 Å². The molecule has 0 heterocycles. The van der Waals surface area contributed by atoms with E-state index in [4.69, 9.17) is 23.2 Å². The molecule has 57 heavy (non-hydrogen) atoms. The molecule has 11 heteroatoms. The summed E-state index contributed by atoms with van der Waals surface area (Å²) < 4.78 is 54.7. The van der Waals surface area contributed by atoms with Crippen molar-refractivity contribution < 1.29 is 48.9 Å². The zero-order valence-electron chi connectivity index (χ0n) is 33.6. The number of amides is 2. The number of benzene rings is 2. The second kappa shape index (κ2) is 25.6. The maximum absolute atomic E-state index is 14.2. The Balaban J connectivity index is 0.000000310. The van der Waals surface area contributed by atoms with E-state index in [0.717, 1.165) is 63.5 Å². The number of anilines is 2. The normalized spacial score (nSPS) is 14.6. The Labute approximate surface area is 362 Å². The van der Waals surface area contributed by atoms with Crippen LogP contribution in [0.1, 0.15) is 91.9 Å². The molecule has 0 atom stereocenters. The molecule has 2 saturated carbocycles. The summed E-state index contributed by atoms with van der Waals surface area (Å²) in [7, 11) is 0. The van der Waals surface area contributed by atoms with Gasteiger partial charge < -0.3 is 9.80 Å². The third kappa shape index (κ3) is 16.7. The monoisotopic (exact) mass is 862 g/mol. The van der Waals surface area contributed by atoms with Crippen LogP contribution >= 0.6 is 23.2 Å². The number of nitrogens with zero attached hydrogens (tertiary/aromatic N) is 2. The molecule has 4 aromatic rings. The minimum Gasteiger partial charge on any atom is -0.363 e. The third-order valence-corrected chi connectivity index (χ3v) is 11.4. The van der Waals surface area contributed by atoms with E-state index >= 15 is 0 Å². The second-order valence-corrected chi connectivity index (χ2v) is 16.3. The Kier molecular flexibility index (Phi) is 22.5. The fourth-order valence-corrected chi connectivity index (χ4v) is 6.84. The van der Waals surface area contributed by atoms with Crippen molar-refractivity contribution in [2.75, 3.05) is 34.6 Å². The van der Waals surface area contributed by atoms with Crippen LogP contribution in [0.15, 0.2) is 84.9 Å². The molecular formula is C46H56Cl2F4N2O2Ti. The van der Waals surface area contributed by atoms with Gasteiger partial charge in [-0.15, -0.1) is 59.6 Å². The molecule has 0 N–H and O–H groups in total.